The molecule has 10 aromatic rings. The molecule has 2 aliphatic rings. The van der Waals surface area contributed by atoms with Gasteiger partial charge in [0, 0.05) is 22.7 Å². The van der Waals surface area contributed by atoms with Crippen molar-refractivity contribution < 1.29 is 17.6 Å². The molecule has 0 spiro atoms. The third-order valence-corrected chi connectivity index (χ3v) is 12.4. The summed E-state index contributed by atoms with van der Waals surface area (Å²) in [6.45, 7) is 0. The van der Waals surface area contributed by atoms with Crippen molar-refractivity contribution >= 4 is 88.6 Å². The number of para-hydroxylation sites is 4. The molecule has 0 saturated carbocycles. The molecule has 0 saturated heterocycles. The number of halogens is 4. The molecule has 2 heterocycles. The van der Waals surface area contributed by atoms with Crippen molar-refractivity contribution in [2.45, 2.75) is 12.3 Å². The summed E-state index contributed by atoms with van der Waals surface area (Å²) in [7, 11) is 0. The molecule has 4 nitrogen and oxygen atoms in total. The van der Waals surface area contributed by atoms with E-state index in [4.69, 9.17) is 0 Å². The van der Waals surface area contributed by atoms with E-state index >= 15 is 0 Å². The first-order valence-electron chi connectivity index (χ1n) is 20.5. The van der Waals surface area contributed by atoms with Crippen LogP contribution in [0.2, 0.25) is 0 Å². The predicted octanol–water partition coefficient (Wildman–Crippen LogP) is 14.8. The molecule has 0 bridgehead atoms. The first kappa shape index (κ1) is 36.0. The summed E-state index contributed by atoms with van der Waals surface area (Å²) >= 11 is 0. The lowest BCUT2D eigenvalue weighted by atomic mass is 10.1. The minimum atomic E-state index is -0.525. The molecule has 0 aromatic heterocycles. The van der Waals surface area contributed by atoms with Crippen molar-refractivity contribution in [3.8, 4) is 0 Å². The van der Waals surface area contributed by atoms with Crippen LogP contribution >= 0.6 is 0 Å². The van der Waals surface area contributed by atoms with E-state index in [1.165, 1.54) is 24.3 Å². The zero-order valence-electron chi connectivity index (χ0n) is 32.9. The zero-order valence-corrected chi connectivity index (χ0v) is 32.9. The Morgan fingerprint density at radius 1 is 0.242 bits per heavy atom. The highest BCUT2D eigenvalue weighted by Gasteiger charge is 2.51. The van der Waals surface area contributed by atoms with Crippen molar-refractivity contribution in [2.24, 2.45) is 0 Å². The second-order valence-corrected chi connectivity index (χ2v) is 16.0. The monoisotopic (exact) mass is 814 g/mol. The average molecular weight is 815 g/mol. The van der Waals surface area contributed by atoms with E-state index in [1.807, 2.05) is 97.1 Å². The number of anilines is 8. The Balaban J connectivity index is 1.16. The summed E-state index contributed by atoms with van der Waals surface area (Å²) in [5.74, 6) is -1.21. The van der Waals surface area contributed by atoms with Gasteiger partial charge < -0.3 is 19.6 Å². The van der Waals surface area contributed by atoms with E-state index in [2.05, 4.69) is 68.1 Å². The molecule has 0 N–H and O–H groups in total. The maximum atomic E-state index is 14.6. The molecule has 0 atom stereocenters. The van der Waals surface area contributed by atoms with Crippen molar-refractivity contribution in [3.05, 3.63) is 217 Å². The Hall–Kier alpha value is -7.84. The molecule has 0 unspecified atom stereocenters. The van der Waals surface area contributed by atoms with Gasteiger partial charge in [-0.15, -0.1) is 0 Å². The first-order chi connectivity index (χ1) is 30.3. The number of rotatable bonds is 5. The van der Waals surface area contributed by atoms with Crippen LogP contribution in [-0.4, -0.2) is 12.3 Å². The second kappa shape index (κ2) is 13.9. The second-order valence-electron chi connectivity index (χ2n) is 16.0. The van der Waals surface area contributed by atoms with Crippen LogP contribution < -0.4 is 19.6 Å². The average Bonchev–Trinajstić information content (AvgIpc) is 3.81. The fraction of sp³-hybridized carbons (Fsp3) is 0.0370. The van der Waals surface area contributed by atoms with Crippen molar-refractivity contribution in [1.29, 1.82) is 0 Å². The maximum Gasteiger partial charge on any atom is 0.151 e. The lowest BCUT2D eigenvalue weighted by Gasteiger charge is -2.44. The van der Waals surface area contributed by atoms with Crippen molar-refractivity contribution in [2.75, 3.05) is 19.6 Å². The van der Waals surface area contributed by atoms with Gasteiger partial charge in [0.15, 0.2) is 12.3 Å². The molecule has 298 valence electrons. The van der Waals surface area contributed by atoms with Crippen LogP contribution in [0.3, 0.4) is 0 Å². The van der Waals surface area contributed by atoms with Gasteiger partial charge in [0.25, 0.3) is 0 Å². The molecular formula is C54H34F4N4. The maximum absolute atomic E-state index is 14.6. The Morgan fingerprint density at radius 2 is 0.452 bits per heavy atom. The fourth-order valence-corrected chi connectivity index (χ4v) is 9.66. The molecule has 0 aliphatic carbocycles. The first-order valence-corrected chi connectivity index (χ1v) is 20.5. The molecule has 62 heavy (non-hydrogen) atoms. The van der Waals surface area contributed by atoms with E-state index in [1.54, 1.807) is 24.3 Å². The number of fused-ring (bicyclic) bond motifs is 6. The standard InChI is InChI=1S/C54H34F4N4/c55-41-17-9-37-29-45(21-13-33(37)25-41)59-49-5-1-2-6-50(49)60(46-22-14-34-26-42(56)18-10-38(34)30-46)53(59)54-61(47-23-15-35-27-43(57)19-11-39(35)31-47)51-7-3-4-8-52(51)62(54)48-24-16-36-28-44(58)20-12-40(36)32-48/h1-32,53-54H. The number of nitrogens with zero attached hydrogens (tertiary/aromatic N) is 4. The highest BCUT2D eigenvalue weighted by Crippen LogP contribution is 2.56. The van der Waals surface area contributed by atoms with Gasteiger partial charge in [0.2, 0.25) is 0 Å². The Kier molecular flexibility index (Phi) is 8.06. The topological polar surface area (TPSA) is 13.0 Å². The molecule has 8 heteroatoms. The Labute approximate surface area is 354 Å². The van der Waals surface area contributed by atoms with Gasteiger partial charge in [-0.1, -0.05) is 72.8 Å². The van der Waals surface area contributed by atoms with Crippen molar-refractivity contribution in [1.82, 2.24) is 0 Å². The van der Waals surface area contributed by atoms with Crippen LogP contribution in [0.1, 0.15) is 0 Å². The van der Waals surface area contributed by atoms with Gasteiger partial charge in [-0.3, -0.25) is 0 Å². The van der Waals surface area contributed by atoms with Crippen LogP contribution in [-0.2, 0) is 0 Å². The summed E-state index contributed by atoms with van der Waals surface area (Å²) in [5, 5.41) is 6.69. The van der Waals surface area contributed by atoms with Crippen LogP contribution in [0, 0.1) is 23.3 Å². The van der Waals surface area contributed by atoms with Crippen LogP contribution in [0.5, 0.6) is 0 Å². The van der Waals surface area contributed by atoms with E-state index < -0.39 is 12.3 Å². The zero-order chi connectivity index (χ0) is 41.6. The van der Waals surface area contributed by atoms with Gasteiger partial charge in [-0.2, -0.15) is 0 Å². The molecule has 2 aliphatic heterocycles. The van der Waals surface area contributed by atoms with E-state index in [-0.39, 0.29) is 23.3 Å². The highest BCUT2D eigenvalue weighted by molar-refractivity contribution is 5.99. The lowest BCUT2D eigenvalue weighted by Crippen LogP contribution is -2.58. The quantitative estimate of drug-likeness (QED) is 0.160. The third-order valence-electron chi connectivity index (χ3n) is 12.4. The molecule has 0 fully saturated rings. The van der Waals surface area contributed by atoms with Gasteiger partial charge in [0.1, 0.15) is 23.3 Å². The molecule has 0 amide bonds. The largest absolute Gasteiger partial charge is 0.314 e. The summed E-state index contributed by atoms with van der Waals surface area (Å²) in [6.07, 6.45) is -1.05. The fourth-order valence-electron chi connectivity index (χ4n) is 9.66. The van der Waals surface area contributed by atoms with E-state index in [0.29, 0.717) is 0 Å². The Morgan fingerprint density at radius 3 is 0.694 bits per heavy atom. The number of hydrogen-bond acceptors (Lipinski definition) is 4. The number of benzene rings is 10. The van der Waals surface area contributed by atoms with Crippen LogP contribution in [0.4, 0.5) is 63.1 Å². The highest BCUT2D eigenvalue weighted by atomic mass is 19.1. The minimum Gasteiger partial charge on any atom is -0.314 e. The minimum absolute atomic E-state index is 0.303. The molecule has 10 aromatic carbocycles. The van der Waals surface area contributed by atoms with Crippen LogP contribution in [0.25, 0.3) is 43.1 Å². The van der Waals surface area contributed by atoms with E-state index in [0.717, 1.165) is 88.6 Å². The van der Waals surface area contributed by atoms with Crippen LogP contribution in [0.15, 0.2) is 194 Å². The summed E-state index contributed by atoms with van der Waals surface area (Å²) in [4.78, 5) is 9.43. The normalized spacial score (nSPS) is 14.2. The SMILES string of the molecule is Fc1ccc2cc(N3c4ccccc4N(c4ccc5cc(F)ccc5c4)C3C3N(c4ccc5cc(F)ccc5c4)c4ccccc4N3c3ccc4cc(F)ccc4c3)ccc2c1. The molecule has 12 rings (SSSR count). The summed E-state index contributed by atoms with van der Waals surface area (Å²) < 4.78 is 58.2. The van der Waals surface area contributed by atoms with Crippen molar-refractivity contribution in [3.63, 3.8) is 0 Å². The summed E-state index contributed by atoms with van der Waals surface area (Å²) in [6, 6.07) is 60.5. The lowest BCUT2D eigenvalue weighted by molar-refractivity contribution is 0.550. The smallest absolute Gasteiger partial charge is 0.151 e. The molecule has 0 radical (unpaired) electrons. The van der Waals surface area contributed by atoms with Gasteiger partial charge in [-0.25, -0.2) is 17.6 Å². The third kappa shape index (κ3) is 5.74. The number of hydrogen-bond donors (Lipinski definition) is 0. The predicted molar refractivity (Wildman–Crippen MR) is 245 cm³/mol. The van der Waals surface area contributed by atoms with E-state index in [9.17, 15) is 17.6 Å². The summed E-state index contributed by atoms with van der Waals surface area (Å²) in [5.41, 5.74) is 7.40. The Bertz CT molecular complexity index is 2990. The molecular weight excluding hydrogens is 781 g/mol. The van der Waals surface area contributed by atoms with Gasteiger partial charge in [0.05, 0.1) is 22.7 Å². The van der Waals surface area contributed by atoms with Gasteiger partial charge >= 0.3 is 0 Å². The van der Waals surface area contributed by atoms with Gasteiger partial charge in [-0.05, 0) is 164 Å².